The molecule has 0 saturated heterocycles. The van der Waals surface area contributed by atoms with Crippen molar-refractivity contribution in [2.24, 2.45) is 0 Å². The van der Waals surface area contributed by atoms with E-state index in [2.05, 4.69) is 15.1 Å². The van der Waals surface area contributed by atoms with Crippen LogP contribution in [0.25, 0.3) is 5.82 Å². The standard InChI is InChI=1S/C11H12N4O2/c1-6-10(11(16)17)7(2)15(14-6)9-4-5-12-8(3)13-9/h4-5H,1-3H3,(H,16,17). The smallest absolute Gasteiger partial charge is 0.339 e. The SMILES string of the molecule is Cc1nccc(-n2nc(C)c(C(=O)O)c2C)n1. The van der Waals surface area contributed by atoms with E-state index < -0.39 is 5.97 Å². The van der Waals surface area contributed by atoms with Crippen molar-refractivity contribution in [2.45, 2.75) is 20.8 Å². The van der Waals surface area contributed by atoms with Gasteiger partial charge >= 0.3 is 5.97 Å². The Morgan fingerprint density at radius 1 is 1.35 bits per heavy atom. The van der Waals surface area contributed by atoms with E-state index in [1.807, 2.05) is 0 Å². The predicted molar refractivity (Wildman–Crippen MR) is 60.3 cm³/mol. The van der Waals surface area contributed by atoms with E-state index in [-0.39, 0.29) is 5.56 Å². The lowest BCUT2D eigenvalue weighted by molar-refractivity contribution is 0.0695. The van der Waals surface area contributed by atoms with Crippen LogP contribution in [0.3, 0.4) is 0 Å². The van der Waals surface area contributed by atoms with Gasteiger partial charge in [-0.1, -0.05) is 0 Å². The lowest BCUT2D eigenvalue weighted by atomic mass is 10.2. The van der Waals surface area contributed by atoms with Crippen molar-refractivity contribution in [1.82, 2.24) is 19.7 Å². The van der Waals surface area contributed by atoms with Crippen LogP contribution in [-0.4, -0.2) is 30.8 Å². The lowest BCUT2D eigenvalue weighted by Gasteiger charge is -2.03. The van der Waals surface area contributed by atoms with Crippen LogP contribution in [-0.2, 0) is 0 Å². The van der Waals surface area contributed by atoms with Crippen LogP contribution in [0, 0.1) is 20.8 Å². The molecule has 6 nitrogen and oxygen atoms in total. The second-order valence-corrected chi connectivity index (χ2v) is 3.72. The Labute approximate surface area is 98.0 Å². The van der Waals surface area contributed by atoms with Gasteiger partial charge in [0.25, 0.3) is 0 Å². The summed E-state index contributed by atoms with van der Waals surface area (Å²) in [5.74, 6) is 0.217. The Morgan fingerprint density at radius 3 is 2.59 bits per heavy atom. The van der Waals surface area contributed by atoms with E-state index in [0.717, 1.165) is 0 Å². The zero-order chi connectivity index (χ0) is 12.6. The van der Waals surface area contributed by atoms with Crippen molar-refractivity contribution >= 4 is 5.97 Å². The molecule has 0 spiro atoms. The minimum Gasteiger partial charge on any atom is -0.478 e. The molecule has 0 bridgehead atoms. The molecule has 0 aromatic carbocycles. The number of hydrogen-bond acceptors (Lipinski definition) is 4. The first-order chi connectivity index (χ1) is 8.00. The Morgan fingerprint density at radius 2 is 2.06 bits per heavy atom. The van der Waals surface area contributed by atoms with Crippen molar-refractivity contribution in [3.05, 3.63) is 35.0 Å². The second kappa shape index (κ2) is 3.97. The number of aromatic nitrogens is 4. The summed E-state index contributed by atoms with van der Waals surface area (Å²) >= 11 is 0. The first-order valence-corrected chi connectivity index (χ1v) is 5.10. The summed E-state index contributed by atoms with van der Waals surface area (Å²) in [7, 11) is 0. The number of carboxylic acid groups (broad SMARTS) is 1. The molecule has 1 N–H and O–H groups in total. The van der Waals surface area contributed by atoms with Gasteiger partial charge in [0.1, 0.15) is 11.4 Å². The molecule has 0 saturated carbocycles. The van der Waals surface area contributed by atoms with Crippen LogP contribution in [0.4, 0.5) is 0 Å². The molecule has 0 aliphatic rings. The molecular weight excluding hydrogens is 220 g/mol. The maximum atomic E-state index is 11.1. The molecule has 0 fully saturated rings. The van der Waals surface area contributed by atoms with E-state index in [1.54, 1.807) is 33.0 Å². The zero-order valence-electron chi connectivity index (χ0n) is 9.80. The van der Waals surface area contributed by atoms with Crippen molar-refractivity contribution < 1.29 is 9.90 Å². The highest BCUT2D eigenvalue weighted by molar-refractivity contribution is 5.90. The van der Waals surface area contributed by atoms with Gasteiger partial charge in [-0.3, -0.25) is 0 Å². The molecule has 2 rings (SSSR count). The number of nitrogens with zero attached hydrogens (tertiary/aromatic N) is 4. The quantitative estimate of drug-likeness (QED) is 0.843. The maximum Gasteiger partial charge on any atom is 0.339 e. The van der Waals surface area contributed by atoms with E-state index in [9.17, 15) is 4.79 Å². The minimum absolute atomic E-state index is 0.223. The molecule has 0 radical (unpaired) electrons. The third-order valence-corrected chi connectivity index (χ3v) is 2.48. The molecule has 0 unspecified atom stereocenters. The Kier molecular flexibility index (Phi) is 2.63. The molecule has 6 heteroatoms. The summed E-state index contributed by atoms with van der Waals surface area (Å²) in [4.78, 5) is 19.3. The van der Waals surface area contributed by atoms with Gasteiger partial charge in [0.2, 0.25) is 0 Å². The van der Waals surface area contributed by atoms with Crippen molar-refractivity contribution in [3.8, 4) is 5.82 Å². The first-order valence-electron chi connectivity index (χ1n) is 5.10. The van der Waals surface area contributed by atoms with Gasteiger partial charge in [-0.25, -0.2) is 19.4 Å². The fourth-order valence-corrected chi connectivity index (χ4v) is 1.74. The van der Waals surface area contributed by atoms with E-state index in [0.29, 0.717) is 23.0 Å². The number of carbonyl (C=O) groups is 1. The Balaban J connectivity index is 2.62. The van der Waals surface area contributed by atoms with Gasteiger partial charge in [-0.05, 0) is 20.8 Å². The van der Waals surface area contributed by atoms with Crippen molar-refractivity contribution in [3.63, 3.8) is 0 Å². The molecule has 2 heterocycles. The number of aryl methyl sites for hydroxylation is 2. The summed E-state index contributed by atoms with van der Waals surface area (Å²) in [6, 6.07) is 1.69. The van der Waals surface area contributed by atoms with Gasteiger partial charge in [0.15, 0.2) is 5.82 Å². The fourth-order valence-electron chi connectivity index (χ4n) is 1.74. The molecule has 0 amide bonds. The number of hydrogen-bond donors (Lipinski definition) is 1. The minimum atomic E-state index is -0.975. The van der Waals surface area contributed by atoms with E-state index >= 15 is 0 Å². The summed E-state index contributed by atoms with van der Waals surface area (Å²) in [5, 5.41) is 13.3. The number of carboxylic acids is 1. The highest BCUT2D eigenvalue weighted by Gasteiger charge is 2.18. The fraction of sp³-hybridized carbons (Fsp3) is 0.273. The molecule has 0 aliphatic heterocycles. The number of aromatic carboxylic acids is 1. The largest absolute Gasteiger partial charge is 0.478 e. The monoisotopic (exact) mass is 232 g/mol. The van der Waals surface area contributed by atoms with Crippen LogP contribution >= 0.6 is 0 Å². The normalized spacial score (nSPS) is 10.5. The molecular formula is C11H12N4O2. The second-order valence-electron chi connectivity index (χ2n) is 3.72. The Hall–Kier alpha value is -2.24. The summed E-state index contributed by atoms with van der Waals surface area (Å²) < 4.78 is 1.52. The zero-order valence-corrected chi connectivity index (χ0v) is 9.80. The average Bonchev–Trinajstić information content (AvgIpc) is 2.54. The van der Waals surface area contributed by atoms with Gasteiger partial charge in [0, 0.05) is 12.3 Å². The van der Waals surface area contributed by atoms with Crippen LogP contribution in [0.15, 0.2) is 12.3 Å². The third kappa shape index (κ3) is 1.89. The highest BCUT2D eigenvalue weighted by Crippen LogP contribution is 2.16. The van der Waals surface area contributed by atoms with Crippen molar-refractivity contribution in [1.29, 1.82) is 0 Å². The van der Waals surface area contributed by atoms with Crippen molar-refractivity contribution in [2.75, 3.05) is 0 Å². The van der Waals surface area contributed by atoms with E-state index in [1.165, 1.54) is 4.68 Å². The maximum absolute atomic E-state index is 11.1. The molecule has 0 atom stereocenters. The van der Waals surface area contributed by atoms with Gasteiger partial charge in [-0.15, -0.1) is 0 Å². The van der Waals surface area contributed by atoms with Gasteiger partial charge < -0.3 is 5.11 Å². The molecule has 0 aliphatic carbocycles. The molecule has 17 heavy (non-hydrogen) atoms. The predicted octanol–water partition coefficient (Wildman–Crippen LogP) is 1.29. The highest BCUT2D eigenvalue weighted by atomic mass is 16.4. The summed E-state index contributed by atoms with van der Waals surface area (Å²) in [6.07, 6.45) is 1.62. The summed E-state index contributed by atoms with van der Waals surface area (Å²) in [6.45, 7) is 5.15. The van der Waals surface area contributed by atoms with Gasteiger partial charge in [0.05, 0.1) is 11.4 Å². The molecule has 2 aromatic heterocycles. The number of rotatable bonds is 2. The van der Waals surface area contributed by atoms with E-state index in [4.69, 9.17) is 5.11 Å². The molecule has 88 valence electrons. The third-order valence-electron chi connectivity index (χ3n) is 2.48. The summed E-state index contributed by atoms with van der Waals surface area (Å²) in [5.41, 5.74) is 1.26. The van der Waals surface area contributed by atoms with Crippen LogP contribution in [0.1, 0.15) is 27.6 Å². The van der Waals surface area contributed by atoms with Gasteiger partial charge in [-0.2, -0.15) is 5.10 Å². The van der Waals surface area contributed by atoms with Crippen LogP contribution < -0.4 is 0 Å². The van der Waals surface area contributed by atoms with Crippen LogP contribution in [0.5, 0.6) is 0 Å². The first kappa shape index (κ1) is 11.3. The lowest BCUT2D eigenvalue weighted by Crippen LogP contribution is -2.05. The molecule has 2 aromatic rings. The van der Waals surface area contributed by atoms with Crippen LogP contribution in [0.2, 0.25) is 0 Å². The average molecular weight is 232 g/mol. The Bertz CT molecular complexity index is 589. The topological polar surface area (TPSA) is 80.9 Å².